The van der Waals surface area contributed by atoms with Crippen LogP contribution < -0.4 is 5.73 Å². The van der Waals surface area contributed by atoms with Gasteiger partial charge in [-0.25, -0.2) is 0 Å². The Kier molecular flexibility index (Phi) is 3.38. The van der Waals surface area contributed by atoms with E-state index < -0.39 is 0 Å². The van der Waals surface area contributed by atoms with E-state index in [4.69, 9.17) is 10.5 Å². The lowest BCUT2D eigenvalue weighted by Gasteiger charge is -2.29. The summed E-state index contributed by atoms with van der Waals surface area (Å²) in [6, 6.07) is 0.324. The Morgan fingerprint density at radius 2 is 2.27 bits per heavy atom. The molecule has 0 bridgehead atoms. The molecule has 1 saturated heterocycles. The molecule has 0 unspecified atom stereocenters. The molecule has 2 aliphatic rings. The zero-order valence-electron chi connectivity index (χ0n) is 8.95. The molecule has 0 aliphatic carbocycles. The van der Waals surface area contributed by atoms with Crippen LogP contribution in [0.3, 0.4) is 0 Å². The molecule has 84 valence electrons. The van der Waals surface area contributed by atoms with Gasteiger partial charge in [0, 0.05) is 31.1 Å². The van der Waals surface area contributed by atoms with Crippen LogP contribution in [0.1, 0.15) is 19.3 Å². The molecule has 0 atom stereocenters. The summed E-state index contributed by atoms with van der Waals surface area (Å²) in [6.07, 6.45) is 4.38. The molecule has 4 nitrogen and oxygen atoms in total. The van der Waals surface area contributed by atoms with Crippen LogP contribution in [0.5, 0.6) is 0 Å². The molecule has 0 spiro atoms. The minimum Gasteiger partial charge on any atom is -0.500 e. The average Bonchev–Trinajstić information content (AvgIpc) is 2.74. The first-order valence-corrected chi connectivity index (χ1v) is 5.57. The summed E-state index contributed by atoms with van der Waals surface area (Å²) in [5.41, 5.74) is 6.64. The minimum atomic E-state index is 0.211. The first-order valence-electron chi connectivity index (χ1n) is 5.57. The molecule has 0 aromatic rings. The van der Waals surface area contributed by atoms with E-state index in [2.05, 4.69) is 4.90 Å². The summed E-state index contributed by atoms with van der Waals surface area (Å²) in [7, 11) is 0. The molecule has 2 aliphatic heterocycles. The van der Waals surface area contributed by atoms with Gasteiger partial charge in [-0.2, -0.15) is 0 Å². The average molecular weight is 210 g/mol. The number of nitrogens with zero attached hydrogens (tertiary/aromatic N) is 1. The predicted octanol–water partition coefficient (Wildman–Crippen LogP) is 0.283. The maximum absolute atomic E-state index is 11.8. The van der Waals surface area contributed by atoms with E-state index in [1.54, 1.807) is 6.26 Å². The lowest BCUT2D eigenvalue weighted by atomic mass is 10.0. The molecule has 2 rings (SSSR count). The molecule has 15 heavy (non-hydrogen) atoms. The fourth-order valence-electron chi connectivity index (χ4n) is 2.01. The van der Waals surface area contributed by atoms with Gasteiger partial charge in [-0.1, -0.05) is 0 Å². The molecule has 0 radical (unpaired) electrons. The summed E-state index contributed by atoms with van der Waals surface area (Å²) in [6.45, 7) is 3.08. The van der Waals surface area contributed by atoms with Crippen LogP contribution in [-0.2, 0) is 9.53 Å². The number of likely N-dealkylation sites (tertiary alicyclic amines) is 1. The maximum Gasteiger partial charge on any atom is 0.175 e. The van der Waals surface area contributed by atoms with Crippen molar-refractivity contribution in [3.05, 3.63) is 11.8 Å². The Hall–Kier alpha value is -0.870. The van der Waals surface area contributed by atoms with Crippen molar-refractivity contribution in [3.63, 3.8) is 0 Å². The van der Waals surface area contributed by atoms with Gasteiger partial charge in [0.25, 0.3) is 0 Å². The van der Waals surface area contributed by atoms with Crippen molar-refractivity contribution in [1.29, 1.82) is 0 Å². The molecule has 4 heteroatoms. The van der Waals surface area contributed by atoms with Crippen molar-refractivity contribution in [2.45, 2.75) is 25.3 Å². The number of rotatable bonds is 3. The van der Waals surface area contributed by atoms with Gasteiger partial charge in [0.05, 0.1) is 19.4 Å². The number of hydrogen-bond donors (Lipinski definition) is 1. The summed E-state index contributed by atoms with van der Waals surface area (Å²) in [4.78, 5) is 14.0. The van der Waals surface area contributed by atoms with Crippen LogP contribution in [0.4, 0.5) is 0 Å². The van der Waals surface area contributed by atoms with Crippen molar-refractivity contribution in [2.75, 3.05) is 26.2 Å². The Balaban J connectivity index is 1.79. The normalized spacial score (nSPS) is 23.7. The Morgan fingerprint density at radius 3 is 2.87 bits per heavy atom. The van der Waals surface area contributed by atoms with Crippen molar-refractivity contribution < 1.29 is 9.53 Å². The quantitative estimate of drug-likeness (QED) is 0.727. The SMILES string of the molecule is NC1CCN(CC(=O)C2=COCC2)CC1. The van der Waals surface area contributed by atoms with Gasteiger partial charge in [0.2, 0.25) is 0 Å². The molecule has 0 amide bonds. The Morgan fingerprint density at radius 1 is 1.53 bits per heavy atom. The molecular formula is C11H18N2O2. The molecular weight excluding hydrogens is 192 g/mol. The maximum atomic E-state index is 11.8. The first-order chi connectivity index (χ1) is 7.25. The second kappa shape index (κ2) is 4.77. The third-order valence-corrected chi connectivity index (χ3v) is 3.07. The van der Waals surface area contributed by atoms with Gasteiger partial charge in [0.15, 0.2) is 5.78 Å². The number of hydrogen-bond acceptors (Lipinski definition) is 4. The van der Waals surface area contributed by atoms with Gasteiger partial charge in [0.1, 0.15) is 0 Å². The Bertz CT molecular complexity index is 268. The number of carbonyl (C=O) groups excluding carboxylic acids is 1. The number of ether oxygens (including phenoxy) is 1. The number of nitrogens with two attached hydrogens (primary N) is 1. The highest BCUT2D eigenvalue weighted by molar-refractivity contribution is 5.96. The smallest absolute Gasteiger partial charge is 0.175 e. The van der Waals surface area contributed by atoms with Crippen molar-refractivity contribution in [3.8, 4) is 0 Å². The number of ketones is 1. The van der Waals surface area contributed by atoms with Crippen molar-refractivity contribution in [2.24, 2.45) is 5.73 Å². The third-order valence-electron chi connectivity index (χ3n) is 3.07. The molecule has 2 N–H and O–H groups in total. The molecule has 2 heterocycles. The fourth-order valence-corrected chi connectivity index (χ4v) is 2.01. The highest BCUT2D eigenvalue weighted by Gasteiger charge is 2.21. The fraction of sp³-hybridized carbons (Fsp3) is 0.727. The zero-order valence-corrected chi connectivity index (χ0v) is 8.95. The Labute approximate surface area is 90.1 Å². The molecule has 1 fully saturated rings. The van der Waals surface area contributed by atoms with E-state index in [1.807, 2.05) is 0 Å². The van der Waals surface area contributed by atoms with Gasteiger partial charge in [-0.05, 0) is 12.8 Å². The van der Waals surface area contributed by atoms with E-state index in [-0.39, 0.29) is 5.78 Å². The van der Waals surface area contributed by atoms with Crippen molar-refractivity contribution in [1.82, 2.24) is 4.90 Å². The summed E-state index contributed by atoms with van der Waals surface area (Å²) in [5.74, 6) is 0.211. The summed E-state index contributed by atoms with van der Waals surface area (Å²) < 4.78 is 5.06. The van der Waals surface area contributed by atoms with E-state index >= 15 is 0 Å². The second-order valence-corrected chi connectivity index (χ2v) is 4.30. The van der Waals surface area contributed by atoms with Crippen molar-refractivity contribution >= 4 is 5.78 Å². The van der Waals surface area contributed by atoms with Crippen LogP contribution in [0.25, 0.3) is 0 Å². The predicted molar refractivity (Wildman–Crippen MR) is 57.3 cm³/mol. The lowest BCUT2D eigenvalue weighted by Crippen LogP contribution is -2.42. The van der Waals surface area contributed by atoms with E-state index in [9.17, 15) is 4.79 Å². The number of Topliss-reactive ketones (excluding diaryl/α,β-unsaturated/α-hetero) is 1. The number of piperidine rings is 1. The minimum absolute atomic E-state index is 0.211. The zero-order chi connectivity index (χ0) is 10.7. The summed E-state index contributed by atoms with van der Waals surface area (Å²) in [5, 5.41) is 0. The van der Waals surface area contributed by atoms with Crippen LogP contribution in [0.15, 0.2) is 11.8 Å². The van der Waals surface area contributed by atoms with E-state index in [0.717, 1.165) is 37.9 Å². The topological polar surface area (TPSA) is 55.6 Å². The largest absolute Gasteiger partial charge is 0.500 e. The molecule has 0 aromatic carbocycles. The van der Waals surface area contributed by atoms with Gasteiger partial charge >= 0.3 is 0 Å². The van der Waals surface area contributed by atoms with Crippen LogP contribution in [0.2, 0.25) is 0 Å². The summed E-state index contributed by atoms with van der Waals surface area (Å²) >= 11 is 0. The van der Waals surface area contributed by atoms with Crippen LogP contribution in [0, 0.1) is 0 Å². The second-order valence-electron chi connectivity index (χ2n) is 4.30. The van der Waals surface area contributed by atoms with Crippen LogP contribution >= 0.6 is 0 Å². The van der Waals surface area contributed by atoms with Gasteiger partial charge in [-0.3, -0.25) is 9.69 Å². The monoisotopic (exact) mass is 210 g/mol. The van der Waals surface area contributed by atoms with Gasteiger partial charge in [-0.15, -0.1) is 0 Å². The molecule has 0 saturated carbocycles. The van der Waals surface area contributed by atoms with Crippen LogP contribution in [-0.4, -0.2) is 43.0 Å². The first kappa shape index (κ1) is 10.6. The highest BCUT2D eigenvalue weighted by Crippen LogP contribution is 2.14. The highest BCUT2D eigenvalue weighted by atomic mass is 16.5. The lowest BCUT2D eigenvalue weighted by molar-refractivity contribution is -0.117. The standard InChI is InChI=1S/C11H18N2O2/c12-10-1-4-13(5-2-10)7-11(14)9-3-6-15-8-9/h8,10H,1-7,12H2. The number of carbonyl (C=O) groups is 1. The third kappa shape index (κ3) is 2.79. The van der Waals surface area contributed by atoms with E-state index in [0.29, 0.717) is 19.2 Å². The molecule has 0 aromatic heterocycles. The van der Waals surface area contributed by atoms with Gasteiger partial charge < -0.3 is 10.5 Å². The van der Waals surface area contributed by atoms with E-state index in [1.165, 1.54) is 0 Å².